The van der Waals surface area contributed by atoms with E-state index in [0.717, 1.165) is 28.0 Å². The molecule has 41 heavy (non-hydrogen) atoms. The Balaban J connectivity index is 1.52. The van der Waals surface area contributed by atoms with Gasteiger partial charge < -0.3 is 41.9 Å². The maximum atomic E-state index is 13.1. The molecule has 20 heteroatoms. The quantitative estimate of drug-likeness (QED) is 0.0279. The summed E-state index contributed by atoms with van der Waals surface area (Å²) in [5.74, 6) is 2.57. The summed E-state index contributed by atoms with van der Waals surface area (Å²) in [6, 6.07) is 0.414. The van der Waals surface area contributed by atoms with Crippen LogP contribution in [0.3, 0.4) is 0 Å². The van der Waals surface area contributed by atoms with E-state index in [1.807, 2.05) is 0 Å². The van der Waals surface area contributed by atoms with Crippen molar-refractivity contribution in [3.05, 3.63) is 28.4 Å². The molecule has 1 saturated heterocycles. The molecule has 0 saturated carbocycles. The molecule has 2 aliphatic rings. The number of carboxylic acid groups (broad SMARTS) is 2. The number of aliphatic carboxylic acids is 2. The fourth-order valence-corrected chi connectivity index (χ4v) is 6.70. The molecule has 0 aliphatic carbocycles. The average Bonchev–Trinajstić information content (AvgIpc) is 3.36. The van der Waals surface area contributed by atoms with Gasteiger partial charge in [0.05, 0.1) is 17.7 Å². The van der Waals surface area contributed by atoms with Crippen molar-refractivity contribution in [2.45, 2.75) is 29.6 Å². The first-order chi connectivity index (χ1) is 19.4. The number of β-lactam (4-membered cyclic amide) rings is 1. The first kappa shape index (κ1) is 29.7. The van der Waals surface area contributed by atoms with Gasteiger partial charge in [0.15, 0.2) is 10.8 Å². The van der Waals surface area contributed by atoms with E-state index in [1.165, 1.54) is 34.8 Å². The summed E-state index contributed by atoms with van der Waals surface area (Å²) < 4.78 is 1.26. The zero-order valence-corrected chi connectivity index (χ0v) is 23.8. The Morgan fingerprint density at radius 3 is 2.73 bits per heavy atom. The number of carboxylic acids is 2. The van der Waals surface area contributed by atoms with E-state index in [1.54, 1.807) is 7.05 Å². The van der Waals surface area contributed by atoms with Gasteiger partial charge in [0, 0.05) is 23.9 Å². The predicted octanol–water partition coefficient (Wildman–Crippen LogP) is -2.86. The van der Waals surface area contributed by atoms with Crippen LogP contribution in [0, 0.1) is 0 Å². The lowest BCUT2D eigenvalue weighted by molar-refractivity contribution is -0.667. The van der Waals surface area contributed by atoms with Crippen LogP contribution in [-0.2, 0) is 24.0 Å². The molecule has 2 aromatic rings. The van der Waals surface area contributed by atoms with Crippen LogP contribution in [0.5, 0.6) is 0 Å². The second kappa shape index (κ2) is 12.1. The monoisotopic (exact) mass is 624 g/mol. The number of aromatic nitrogens is 3. The Kier molecular flexibility index (Phi) is 8.73. The highest BCUT2D eigenvalue weighted by Crippen LogP contribution is 2.41. The van der Waals surface area contributed by atoms with Crippen LogP contribution >= 0.6 is 34.9 Å². The second-order valence-corrected chi connectivity index (χ2v) is 11.4. The molecule has 2 amide bonds. The number of nitrogens with one attached hydrogen (secondary N) is 2. The number of carbonyl (C=O) groups excluding carboxylic acids is 3. The summed E-state index contributed by atoms with van der Waals surface area (Å²) in [6.07, 6.45) is -1.38. The van der Waals surface area contributed by atoms with Crippen LogP contribution in [-0.4, -0.2) is 85.5 Å². The second-order valence-electron chi connectivity index (χ2n) is 8.45. The molecule has 1 fully saturated rings. The van der Waals surface area contributed by atoms with E-state index in [4.69, 9.17) is 27.3 Å². The van der Waals surface area contributed by atoms with Crippen molar-refractivity contribution in [3.8, 4) is 0 Å². The van der Waals surface area contributed by atoms with Crippen molar-refractivity contribution in [3.63, 3.8) is 0 Å². The van der Waals surface area contributed by atoms with Crippen LogP contribution in [0.1, 0.15) is 12.6 Å². The van der Waals surface area contributed by atoms with Gasteiger partial charge in [-0.2, -0.15) is 0 Å². The number of amides is 2. The van der Waals surface area contributed by atoms with Crippen molar-refractivity contribution in [2.75, 3.05) is 41.2 Å². The Morgan fingerprint density at radius 1 is 1.39 bits per heavy atom. The number of nitrogens with two attached hydrogens (primary N) is 3. The number of nitrogens with zero attached hydrogens (tertiary/aromatic N) is 5. The van der Waals surface area contributed by atoms with Crippen molar-refractivity contribution in [1.29, 1.82) is 0 Å². The number of fused-ring (bicyclic) bond motifs is 1. The zero-order chi connectivity index (χ0) is 30.0. The minimum absolute atomic E-state index is 0.00544. The zero-order valence-electron chi connectivity index (χ0n) is 21.4. The molecule has 17 nitrogen and oxygen atoms in total. The number of anilines is 3. The first-order valence-corrected chi connectivity index (χ1v) is 14.5. The van der Waals surface area contributed by atoms with Crippen molar-refractivity contribution >= 4 is 81.1 Å². The molecule has 0 aromatic carbocycles. The number of hydrogen-bond acceptors (Lipinski definition) is 16. The fraction of sp³-hybridized carbons (Fsp3) is 0.333. The molecule has 0 spiro atoms. The summed E-state index contributed by atoms with van der Waals surface area (Å²) >= 11 is 3.36. The lowest BCUT2D eigenvalue weighted by atomic mass is 10.0. The standard InChI is InChI=1S/C21H24N10O7S3/c1-7(18(34)35)38-29-12(9-6-40-20(23)26-9)15(32)28-13-16(33)30-14(19(36)37)8(4-39-17(13)30)5-41-21-27-10(22)3-11(25-2)31(21)24/h3,6-7,13,17H,4-5,24H2,1-2H3,(H7,22,23,25,26,28,32,34,35,36,37)/b29-12-/t7?,13?,17-/m1/s1. The van der Waals surface area contributed by atoms with E-state index >= 15 is 0 Å². The highest BCUT2D eigenvalue weighted by molar-refractivity contribution is 8.01. The molecule has 2 unspecified atom stereocenters. The topological polar surface area (TPSA) is 268 Å². The number of oxime groups is 1. The van der Waals surface area contributed by atoms with E-state index in [-0.39, 0.29) is 33.8 Å². The number of thiazole rings is 1. The largest absolute Gasteiger partial charge is 0.543 e. The summed E-state index contributed by atoms with van der Waals surface area (Å²) in [7, 11) is 1.65. The lowest BCUT2D eigenvalue weighted by Gasteiger charge is -2.50. The van der Waals surface area contributed by atoms with Gasteiger partial charge >= 0.3 is 11.1 Å². The molecule has 0 radical (unpaired) electrons. The number of thioether (sulfide) groups is 2. The van der Waals surface area contributed by atoms with E-state index in [0.29, 0.717) is 16.5 Å². The van der Waals surface area contributed by atoms with E-state index in [2.05, 4.69) is 25.8 Å². The Morgan fingerprint density at radius 2 is 2.12 bits per heavy atom. The summed E-state index contributed by atoms with van der Waals surface area (Å²) in [5, 5.41) is 31.3. The van der Waals surface area contributed by atoms with Crippen molar-refractivity contribution < 1.29 is 38.9 Å². The van der Waals surface area contributed by atoms with Crippen LogP contribution < -0.4 is 37.7 Å². The van der Waals surface area contributed by atoms with Gasteiger partial charge in [-0.15, -0.1) is 27.8 Å². The van der Waals surface area contributed by atoms with E-state index < -0.39 is 47.0 Å². The minimum Gasteiger partial charge on any atom is -0.543 e. The predicted molar refractivity (Wildman–Crippen MR) is 148 cm³/mol. The maximum Gasteiger partial charge on any atom is 0.347 e. The van der Waals surface area contributed by atoms with Gasteiger partial charge in [-0.1, -0.05) is 10.1 Å². The van der Waals surface area contributed by atoms with Gasteiger partial charge in [0.2, 0.25) is 17.7 Å². The van der Waals surface area contributed by atoms with Gasteiger partial charge in [0.25, 0.3) is 11.8 Å². The third-order valence-electron chi connectivity index (χ3n) is 5.76. The van der Waals surface area contributed by atoms with Crippen molar-refractivity contribution in [2.24, 2.45) is 5.16 Å². The normalized spacial score (nSPS) is 19.2. The highest BCUT2D eigenvalue weighted by Gasteiger charge is 2.53. The Labute approximate surface area is 244 Å². The molecule has 0 bridgehead atoms. The van der Waals surface area contributed by atoms with Crippen LogP contribution in [0.2, 0.25) is 0 Å². The third-order valence-corrected chi connectivity index (χ3v) is 8.82. The number of carbonyl (C=O) groups is 4. The van der Waals surface area contributed by atoms with Gasteiger partial charge in [-0.3, -0.25) is 20.3 Å². The summed E-state index contributed by atoms with van der Waals surface area (Å²) in [5.41, 5.74) is 11.2. The summed E-state index contributed by atoms with van der Waals surface area (Å²) in [4.78, 5) is 63.5. The van der Waals surface area contributed by atoms with Crippen molar-refractivity contribution in [1.82, 2.24) is 20.2 Å². The molecule has 2 aromatic heterocycles. The smallest absolute Gasteiger partial charge is 0.347 e. The molecule has 218 valence electrons. The SMILES string of the molecule is CNc1cc(N)nc(SCC2=C(C(=O)[O-])N3C(=O)C(NC(=O)/C(=N\OC(C)C(=O)O)c4csc(N)n4)[C@H]3SC2)[n+]1N. The fourth-order valence-electron chi connectivity index (χ4n) is 3.73. The Bertz CT molecular complexity index is 1480. The maximum absolute atomic E-state index is 13.1. The van der Waals surface area contributed by atoms with Gasteiger partial charge in [-0.25, -0.2) is 9.78 Å². The number of rotatable bonds is 11. The number of hydrogen-bond donors (Lipinski definition) is 6. The van der Waals surface area contributed by atoms with E-state index in [9.17, 15) is 24.3 Å². The van der Waals surface area contributed by atoms with Crippen LogP contribution in [0.25, 0.3) is 0 Å². The highest BCUT2D eigenvalue weighted by atomic mass is 32.2. The molecule has 2 aliphatic heterocycles. The molecular formula is C21H24N10O7S3. The molecule has 4 rings (SSSR count). The minimum atomic E-state index is -1.56. The molecule has 9 N–H and O–H groups in total. The summed E-state index contributed by atoms with van der Waals surface area (Å²) in [6.45, 7) is 1.21. The number of nitrogen functional groups attached to an aromatic ring is 3. The molecular weight excluding hydrogens is 600 g/mol. The van der Waals surface area contributed by atoms with Crippen LogP contribution in [0.4, 0.5) is 16.8 Å². The van der Waals surface area contributed by atoms with Crippen LogP contribution in [0.15, 0.2) is 33.0 Å². The van der Waals surface area contributed by atoms with Gasteiger partial charge in [0.1, 0.15) is 17.1 Å². The molecule has 3 atom stereocenters. The molecule has 4 heterocycles. The van der Waals surface area contributed by atoms with Gasteiger partial charge in [-0.05, 0) is 24.3 Å². The third kappa shape index (κ3) is 6.07. The average molecular weight is 625 g/mol. The lowest BCUT2D eigenvalue weighted by Crippen LogP contribution is -2.71. The Hall–Kier alpha value is -4.30. The first-order valence-electron chi connectivity index (χ1n) is 11.6.